The topological polar surface area (TPSA) is 59.4 Å². The van der Waals surface area contributed by atoms with E-state index in [-0.39, 0.29) is 0 Å². The third-order valence-electron chi connectivity index (χ3n) is 2.66. The van der Waals surface area contributed by atoms with Gasteiger partial charge in [-0.2, -0.15) is 5.10 Å². The normalized spacial score (nSPS) is 10.8. The van der Waals surface area contributed by atoms with Gasteiger partial charge in [0.15, 0.2) is 10.6 Å². The molecule has 5 nitrogen and oxygen atoms in total. The van der Waals surface area contributed by atoms with E-state index in [1.807, 2.05) is 29.0 Å². The number of hydrogen-bond donors (Lipinski definition) is 1. The molecule has 96 valence electrons. The third-order valence-corrected chi connectivity index (χ3v) is 3.92. The summed E-state index contributed by atoms with van der Waals surface area (Å²) in [5.74, 6) is 0.806. The van der Waals surface area contributed by atoms with Crippen LogP contribution in [0.25, 0.3) is 11.4 Å². The number of aromatic nitrogens is 5. The highest BCUT2D eigenvalue weighted by Crippen LogP contribution is 2.18. The van der Waals surface area contributed by atoms with E-state index >= 15 is 0 Å². The number of hydrogen-bond acceptors (Lipinski definition) is 5. The Morgan fingerprint density at radius 1 is 1.37 bits per heavy atom. The zero-order chi connectivity index (χ0) is 13.2. The SMILES string of the molecule is Cc1csc(Cn2c(-c3ccncc3)n[nH]c2=S)n1. The lowest BCUT2D eigenvalue weighted by Crippen LogP contribution is -2.02. The molecule has 19 heavy (non-hydrogen) atoms. The lowest BCUT2D eigenvalue weighted by atomic mass is 10.2. The molecule has 0 spiro atoms. The van der Waals surface area contributed by atoms with Crippen molar-refractivity contribution in [3.63, 3.8) is 0 Å². The zero-order valence-electron chi connectivity index (χ0n) is 10.2. The van der Waals surface area contributed by atoms with Crippen LogP contribution in [0.5, 0.6) is 0 Å². The first kappa shape index (κ1) is 12.2. The van der Waals surface area contributed by atoms with Gasteiger partial charge in [-0.25, -0.2) is 4.98 Å². The fourth-order valence-electron chi connectivity index (χ4n) is 1.80. The number of rotatable bonds is 3. The van der Waals surface area contributed by atoms with Crippen LogP contribution >= 0.6 is 23.6 Å². The molecule has 0 aliphatic heterocycles. The number of aryl methyl sites for hydroxylation is 1. The first-order valence-corrected chi connectivity index (χ1v) is 6.99. The molecule has 1 N–H and O–H groups in total. The number of nitrogens with zero attached hydrogens (tertiary/aromatic N) is 4. The average molecular weight is 289 g/mol. The largest absolute Gasteiger partial charge is 0.293 e. The number of H-pyrrole nitrogens is 1. The van der Waals surface area contributed by atoms with E-state index < -0.39 is 0 Å². The maximum absolute atomic E-state index is 5.28. The van der Waals surface area contributed by atoms with Crippen LogP contribution in [-0.2, 0) is 6.54 Å². The van der Waals surface area contributed by atoms with Crippen molar-refractivity contribution < 1.29 is 0 Å². The molecule has 7 heteroatoms. The summed E-state index contributed by atoms with van der Waals surface area (Å²) < 4.78 is 2.54. The van der Waals surface area contributed by atoms with Crippen LogP contribution < -0.4 is 0 Å². The first-order chi connectivity index (χ1) is 9.24. The van der Waals surface area contributed by atoms with Gasteiger partial charge in [0, 0.05) is 29.0 Å². The van der Waals surface area contributed by atoms with Crippen molar-refractivity contribution in [3.8, 4) is 11.4 Å². The van der Waals surface area contributed by atoms with Crippen molar-refractivity contribution in [1.82, 2.24) is 24.7 Å². The van der Waals surface area contributed by atoms with Gasteiger partial charge in [-0.3, -0.25) is 14.6 Å². The van der Waals surface area contributed by atoms with Gasteiger partial charge in [-0.15, -0.1) is 11.3 Å². The minimum absolute atomic E-state index is 0.597. The fourth-order valence-corrected chi connectivity index (χ4v) is 2.75. The second kappa shape index (κ2) is 5.02. The highest BCUT2D eigenvalue weighted by molar-refractivity contribution is 7.71. The molecular formula is C12H11N5S2. The van der Waals surface area contributed by atoms with E-state index in [0.717, 1.165) is 22.1 Å². The van der Waals surface area contributed by atoms with Gasteiger partial charge < -0.3 is 0 Å². The van der Waals surface area contributed by atoms with Gasteiger partial charge in [-0.05, 0) is 31.3 Å². The van der Waals surface area contributed by atoms with Crippen LogP contribution in [0.2, 0.25) is 0 Å². The van der Waals surface area contributed by atoms with E-state index in [1.54, 1.807) is 23.7 Å². The Morgan fingerprint density at radius 3 is 2.84 bits per heavy atom. The van der Waals surface area contributed by atoms with E-state index in [1.165, 1.54) is 0 Å². The molecule has 0 saturated carbocycles. The van der Waals surface area contributed by atoms with E-state index in [0.29, 0.717) is 11.3 Å². The predicted octanol–water partition coefficient (Wildman–Crippen LogP) is 2.82. The summed E-state index contributed by atoms with van der Waals surface area (Å²) in [6.45, 7) is 2.61. The molecule has 0 amide bonds. The fraction of sp³-hybridized carbons (Fsp3) is 0.167. The molecule has 0 radical (unpaired) electrons. The highest BCUT2D eigenvalue weighted by atomic mass is 32.1. The van der Waals surface area contributed by atoms with E-state index in [4.69, 9.17) is 12.2 Å². The molecule has 3 heterocycles. The Balaban J connectivity index is 2.02. The molecule has 0 bridgehead atoms. The summed E-state index contributed by atoms with van der Waals surface area (Å²) in [5.41, 5.74) is 2.01. The van der Waals surface area contributed by atoms with Gasteiger partial charge in [0.1, 0.15) is 5.01 Å². The summed E-state index contributed by atoms with van der Waals surface area (Å²) in [7, 11) is 0. The second-order valence-electron chi connectivity index (χ2n) is 4.06. The molecule has 0 fully saturated rings. The molecule has 3 rings (SSSR count). The van der Waals surface area contributed by atoms with Crippen molar-refractivity contribution in [2.24, 2.45) is 0 Å². The summed E-state index contributed by atoms with van der Waals surface area (Å²) >= 11 is 6.91. The molecule has 0 aliphatic rings. The maximum Gasteiger partial charge on any atom is 0.195 e. The molecule has 3 aromatic heterocycles. The lowest BCUT2D eigenvalue weighted by Gasteiger charge is -2.04. The second-order valence-corrected chi connectivity index (χ2v) is 5.39. The molecule has 3 aromatic rings. The van der Waals surface area contributed by atoms with Crippen LogP contribution in [0, 0.1) is 11.7 Å². The summed E-state index contributed by atoms with van der Waals surface area (Å²) in [4.78, 5) is 8.47. The standard InChI is InChI=1S/C12H11N5S2/c1-8-7-19-10(14-8)6-17-11(15-16-12(17)18)9-2-4-13-5-3-9/h2-5,7H,6H2,1H3,(H,16,18). The van der Waals surface area contributed by atoms with Crippen LogP contribution in [0.15, 0.2) is 29.9 Å². The van der Waals surface area contributed by atoms with Crippen molar-refractivity contribution in [2.75, 3.05) is 0 Å². The van der Waals surface area contributed by atoms with Gasteiger partial charge in [0.25, 0.3) is 0 Å². The van der Waals surface area contributed by atoms with Crippen LogP contribution in [0.4, 0.5) is 0 Å². The Hall–Kier alpha value is -1.86. The quantitative estimate of drug-likeness (QED) is 0.753. The zero-order valence-corrected chi connectivity index (χ0v) is 11.8. The minimum Gasteiger partial charge on any atom is -0.293 e. The molecule has 0 aromatic carbocycles. The van der Waals surface area contributed by atoms with Crippen molar-refractivity contribution in [1.29, 1.82) is 0 Å². The third kappa shape index (κ3) is 2.47. The Labute approximate surface area is 119 Å². The number of aromatic amines is 1. The van der Waals surface area contributed by atoms with Crippen LogP contribution in [0.1, 0.15) is 10.7 Å². The van der Waals surface area contributed by atoms with Crippen molar-refractivity contribution >= 4 is 23.6 Å². The highest BCUT2D eigenvalue weighted by Gasteiger charge is 2.10. The van der Waals surface area contributed by atoms with E-state index in [9.17, 15) is 0 Å². The van der Waals surface area contributed by atoms with Gasteiger partial charge in [0.05, 0.1) is 6.54 Å². The van der Waals surface area contributed by atoms with Gasteiger partial charge in [0.2, 0.25) is 0 Å². The lowest BCUT2D eigenvalue weighted by molar-refractivity contribution is 0.781. The summed E-state index contributed by atoms with van der Waals surface area (Å²) in [6.07, 6.45) is 3.48. The Bertz CT molecular complexity index is 741. The number of nitrogens with one attached hydrogen (secondary N) is 1. The molecule has 0 unspecified atom stereocenters. The summed E-state index contributed by atoms with van der Waals surface area (Å²) in [5, 5.41) is 10.2. The Kier molecular flexibility index (Phi) is 3.22. The maximum atomic E-state index is 5.28. The van der Waals surface area contributed by atoms with E-state index in [2.05, 4.69) is 20.2 Å². The van der Waals surface area contributed by atoms with Gasteiger partial charge >= 0.3 is 0 Å². The van der Waals surface area contributed by atoms with Crippen molar-refractivity contribution in [3.05, 3.63) is 45.4 Å². The van der Waals surface area contributed by atoms with Crippen LogP contribution in [-0.4, -0.2) is 24.7 Å². The minimum atomic E-state index is 0.597. The first-order valence-electron chi connectivity index (χ1n) is 5.70. The van der Waals surface area contributed by atoms with Crippen LogP contribution in [0.3, 0.4) is 0 Å². The average Bonchev–Trinajstić information content (AvgIpc) is 2.99. The van der Waals surface area contributed by atoms with Gasteiger partial charge in [-0.1, -0.05) is 0 Å². The number of thiazole rings is 1. The smallest absolute Gasteiger partial charge is 0.195 e. The Morgan fingerprint density at radius 2 is 2.16 bits per heavy atom. The molecule has 0 saturated heterocycles. The monoisotopic (exact) mass is 289 g/mol. The molecule has 0 atom stereocenters. The number of pyridine rings is 1. The molecule has 0 aliphatic carbocycles. The summed E-state index contributed by atoms with van der Waals surface area (Å²) in [6, 6.07) is 3.82. The molecular weight excluding hydrogens is 278 g/mol. The predicted molar refractivity (Wildman–Crippen MR) is 76.6 cm³/mol. The van der Waals surface area contributed by atoms with Crippen molar-refractivity contribution in [2.45, 2.75) is 13.5 Å².